The third kappa shape index (κ3) is 1.97. The van der Waals surface area contributed by atoms with Gasteiger partial charge in [0.05, 0.1) is 11.5 Å². The molecule has 16 heavy (non-hydrogen) atoms. The highest BCUT2D eigenvalue weighted by molar-refractivity contribution is 5.40. The molecular weight excluding hydrogens is 194 g/mol. The van der Waals surface area contributed by atoms with Crippen LogP contribution in [0.3, 0.4) is 0 Å². The van der Waals surface area contributed by atoms with E-state index in [1.54, 1.807) is 0 Å². The van der Waals surface area contributed by atoms with Gasteiger partial charge in [-0.1, -0.05) is 37.1 Å². The van der Waals surface area contributed by atoms with E-state index < -0.39 is 0 Å². The highest BCUT2D eigenvalue weighted by Crippen LogP contribution is 2.39. The summed E-state index contributed by atoms with van der Waals surface area (Å²) in [6.45, 7) is 4.03. The average molecular weight is 213 g/mol. The first-order chi connectivity index (χ1) is 7.65. The maximum Gasteiger partial charge on any atom is 0.0769 e. The van der Waals surface area contributed by atoms with Gasteiger partial charge in [0.15, 0.2) is 0 Å². The lowest BCUT2D eigenvalue weighted by molar-refractivity contribution is 0.640. The molecule has 1 nitrogen and oxygen atoms in total. The molecule has 0 radical (unpaired) electrons. The van der Waals surface area contributed by atoms with Crippen molar-refractivity contribution in [2.45, 2.75) is 50.9 Å². The van der Waals surface area contributed by atoms with Gasteiger partial charge in [0.25, 0.3) is 0 Å². The molecule has 84 valence electrons. The molecule has 0 bridgehead atoms. The van der Waals surface area contributed by atoms with Crippen LogP contribution in [-0.2, 0) is 5.41 Å². The van der Waals surface area contributed by atoms with Crippen molar-refractivity contribution in [1.29, 1.82) is 5.26 Å². The van der Waals surface area contributed by atoms with Crippen LogP contribution in [0.2, 0.25) is 0 Å². The third-order valence-corrected chi connectivity index (χ3v) is 3.71. The zero-order valence-electron chi connectivity index (χ0n) is 10.2. The number of hydrogen-bond acceptors (Lipinski definition) is 1. The third-order valence-electron chi connectivity index (χ3n) is 3.71. The summed E-state index contributed by atoms with van der Waals surface area (Å²) in [5, 5.41) is 9.26. The van der Waals surface area contributed by atoms with E-state index in [1.165, 1.54) is 36.8 Å². The normalized spacial score (nSPS) is 17.3. The first-order valence-corrected chi connectivity index (χ1v) is 6.16. The summed E-state index contributed by atoms with van der Waals surface area (Å²) >= 11 is 0. The van der Waals surface area contributed by atoms with Crippen molar-refractivity contribution >= 4 is 0 Å². The van der Waals surface area contributed by atoms with Gasteiger partial charge < -0.3 is 0 Å². The fraction of sp³-hybridized carbons (Fsp3) is 0.533. The molecule has 0 aliphatic heterocycles. The molecule has 1 aromatic rings. The average Bonchev–Trinajstić information content (AvgIpc) is 2.82. The van der Waals surface area contributed by atoms with E-state index in [1.807, 2.05) is 19.9 Å². The van der Waals surface area contributed by atoms with Crippen LogP contribution in [0.1, 0.15) is 56.6 Å². The Balaban J connectivity index is 2.42. The summed E-state index contributed by atoms with van der Waals surface area (Å²) in [5.74, 6) is 0.684. The van der Waals surface area contributed by atoms with Crippen molar-refractivity contribution in [3.8, 4) is 6.07 Å². The van der Waals surface area contributed by atoms with Crippen LogP contribution >= 0.6 is 0 Å². The quantitative estimate of drug-likeness (QED) is 0.724. The minimum atomic E-state index is -0.362. The van der Waals surface area contributed by atoms with Gasteiger partial charge in [0, 0.05) is 0 Å². The Morgan fingerprint density at radius 1 is 1.19 bits per heavy atom. The zero-order valence-corrected chi connectivity index (χ0v) is 10.2. The summed E-state index contributed by atoms with van der Waals surface area (Å²) < 4.78 is 0. The second kappa shape index (κ2) is 4.29. The van der Waals surface area contributed by atoms with Crippen LogP contribution in [0, 0.1) is 11.3 Å². The molecule has 1 saturated carbocycles. The van der Waals surface area contributed by atoms with Gasteiger partial charge in [-0.3, -0.25) is 0 Å². The fourth-order valence-corrected chi connectivity index (χ4v) is 2.72. The van der Waals surface area contributed by atoms with Gasteiger partial charge in [0.1, 0.15) is 0 Å². The zero-order chi connectivity index (χ0) is 11.6. The molecule has 0 atom stereocenters. The molecule has 2 rings (SSSR count). The Hall–Kier alpha value is -1.29. The van der Waals surface area contributed by atoms with E-state index in [0.717, 1.165) is 0 Å². The Morgan fingerprint density at radius 3 is 2.44 bits per heavy atom. The number of nitriles is 1. The Morgan fingerprint density at radius 2 is 1.81 bits per heavy atom. The number of rotatable bonds is 2. The maximum atomic E-state index is 9.26. The van der Waals surface area contributed by atoms with E-state index in [-0.39, 0.29) is 5.41 Å². The second-order valence-electron chi connectivity index (χ2n) is 5.31. The van der Waals surface area contributed by atoms with E-state index in [2.05, 4.69) is 24.3 Å². The molecule has 1 heteroatoms. The summed E-state index contributed by atoms with van der Waals surface area (Å²) in [7, 11) is 0. The van der Waals surface area contributed by atoms with Gasteiger partial charge in [-0.05, 0) is 43.7 Å². The van der Waals surface area contributed by atoms with Crippen molar-refractivity contribution in [3.05, 3.63) is 35.4 Å². The number of hydrogen-bond donors (Lipinski definition) is 0. The lowest BCUT2D eigenvalue weighted by Crippen LogP contribution is -2.17. The maximum absolute atomic E-state index is 9.26. The molecule has 1 aliphatic rings. The van der Waals surface area contributed by atoms with Gasteiger partial charge in [-0.25, -0.2) is 0 Å². The van der Waals surface area contributed by atoms with Gasteiger partial charge >= 0.3 is 0 Å². The molecule has 0 saturated heterocycles. The van der Waals surface area contributed by atoms with E-state index in [9.17, 15) is 5.26 Å². The molecule has 0 amide bonds. The highest BCUT2D eigenvalue weighted by Gasteiger charge is 2.27. The van der Waals surface area contributed by atoms with E-state index >= 15 is 0 Å². The van der Waals surface area contributed by atoms with E-state index in [0.29, 0.717) is 5.92 Å². The molecule has 0 unspecified atom stereocenters. The van der Waals surface area contributed by atoms with Gasteiger partial charge in [0.2, 0.25) is 0 Å². The van der Waals surface area contributed by atoms with Crippen LogP contribution in [0.4, 0.5) is 0 Å². The topological polar surface area (TPSA) is 23.8 Å². The Labute approximate surface area is 98.1 Å². The SMILES string of the molecule is CC(C)(C#N)c1ccccc1C1CCCC1. The van der Waals surface area contributed by atoms with Crippen molar-refractivity contribution in [2.24, 2.45) is 0 Å². The predicted octanol–water partition coefficient (Wildman–Crippen LogP) is 4.15. The lowest BCUT2D eigenvalue weighted by Gasteiger charge is -2.23. The molecule has 1 fully saturated rings. The molecule has 0 N–H and O–H groups in total. The molecule has 1 aromatic carbocycles. The fourth-order valence-electron chi connectivity index (χ4n) is 2.72. The summed E-state index contributed by atoms with van der Waals surface area (Å²) in [5.41, 5.74) is 2.27. The molecule has 0 heterocycles. The summed E-state index contributed by atoms with van der Waals surface area (Å²) in [4.78, 5) is 0. The minimum Gasteiger partial charge on any atom is -0.197 e. The second-order valence-corrected chi connectivity index (χ2v) is 5.31. The Kier molecular flexibility index (Phi) is 3.01. The first-order valence-electron chi connectivity index (χ1n) is 6.16. The lowest BCUT2D eigenvalue weighted by atomic mass is 9.79. The van der Waals surface area contributed by atoms with Crippen molar-refractivity contribution in [1.82, 2.24) is 0 Å². The predicted molar refractivity (Wildman–Crippen MR) is 66.3 cm³/mol. The van der Waals surface area contributed by atoms with Crippen molar-refractivity contribution in [2.75, 3.05) is 0 Å². The number of benzene rings is 1. The van der Waals surface area contributed by atoms with Crippen LogP contribution in [0.15, 0.2) is 24.3 Å². The van der Waals surface area contributed by atoms with Crippen LogP contribution in [0.25, 0.3) is 0 Å². The molecular formula is C15H19N. The molecule has 1 aliphatic carbocycles. The standard InChI is InChI=1S/C15H19N/c1-15(2,11-16)14-10-6-5-9-13(14)12-7-3-4-8-12/h5-6,9-10,12H,3-4,7-8H2,1-2H3. The number of nitrogens with zero attached hydrogens (tertiary/aromatic N) is 1. The van der Waals surface area contributed by atoms with Crippen LogP contribution < -0.4 is 0 Å². The van der Waals surface area contributed by atoms with Crippen molar-refractivity contribution < 1.29 is 0 Å². The summed E-state index contributed by atoms with van der Waals surface area (Å²) in [6.07, 6.45) is 5.26. The van der Waals surface area contributed by atoms with Crippen LogP contribution in [-0.4, -0.2) is 0 Å². The first kappa shape index (κ1) is 11.2. The Bertz CT molecular complexity index is 406. The van der Waals surface area contributed by atoms with Crippen LogP contribution in [0.5, 0.6) is 0 Å². The molecule has 0 aromatic heterocycles. The smallest absolute Gasteiger partial charge is 0.0769 e. The molecule has 0 spiro atoms. The minimum absolute atomic E-state index is 0.362. The van der Waals surface area contributed by atoms with Gasteiger partial charge in [-0.2, -0.15) is 5.26 Å². The largest absolute Gasteiger partial charge is 0.197 e. The van der Waals surface area contributed by atoms with Crippen molar-refractivity contribution in [3.63, 3.8) is 0 Å². The van der Waals surface area contributed by atoms with E-state index in [4.69, 9.17) is 0 Å². The summed E-state index contributed by atoms with van der Waals surface area (Å²) in [6, 6.07) is 10.9. The monoisotopic (exact) mass is 213 g/mol. The highest BCUT2D eigenvalue weighted by atomic mass is 14.4. The van der Waals surface area contributed by atoms with Gasteiger partial charge in [-0.15, -0.1) is 0 Å².